The molecule has 0 fully saturated rings. The Morgan fingerprint density at radius 2 is 2.10 bits per heavy atom. The number of hydrogen-bond acceptors (Lipinski definition) is 3. The number of para-hydroxylation sites is 1. The number of halogens is 1. The van der Waals surface area contributed by atoms with E-state index in [0.717, 1.165) is 24.1 Å². The van der Waals surface area contributed by atoms with Crippen molar-refractivity contribution in [2.75, 3.05) is 0 Å². The molecule has 2 rings (SSSR count). The monoisotopic (exact) mass is 290 g/mol. The molecule has 0 amide bonds. The lowest BCUT2D eigenvalue weighted by atomic mass is 10.0. The van der Waals surface area contributed by atoms with Crippen LogP contribution in [0.4, 0.5) is 0 Å². The van der Waals surface area contributed by atoms with Crippen molar-refractivity contribution in [1.82, 2.24) is 4.98 Å². The van der Waals surface area contributed by atoms with Crippen LogP contribution in [0.15, 0.2) is 42.6 Å². The lowest BCUT2D eigenvalue weighted by Gasteiger charge is -2.15. The van der Waals surface area contributed by atoms with Crippen LogP contribution in [0, 0.1) is 0 Å². The fourth-order valence-corrected chi connectivity index (χ4v) is 2.18. The second-order valence-corrected chi connectivity index (χ2v) is 5.12. The van der Waals surface area contributed by atoms with E-state index in [1.807, 2.05) is 36.4 Å². The highest BCUT2D eigenvalue weighted by Crippen LogP contribution is 2.30. The van der Waals surface area contributed by atoms with E-state index >= 15 is 0 Å². The summed E-state index contributed by atoms with van der Waals surface area (Å²) in [6.45, 7) is 2.47. The minimum atomic E-state index is 0.116. The first-order valence-corrected chi connectivity index (χ1v) is 7.14. The third-order valence-corrected chi connectivity index (χ3v) is 3.44. The largest absolute Gasteiger partial charge is 0.485 e. The van der Waals surface area contributed by atoms with E-state index in [9.17, 15) is 0 Å². The van der Waals surface area contributed by atoms with Crippen molar-refractivity contribution in [1.29, 1.82) is 0 Å². The zero-order valence-corrected chi connectivity index (χ0v) is 12.3. The molecule has 2 aromatic rings. The number of benzene rings is 1. The Bertz CT molecular complexity index is 545. The summed E-state index contributed by atoms with van der Waals surface area (Å²) in [5, 5.41) is 0.613. The van der Waals surface area contributed by atoms with Crippen LogP contribution < -0.4 is 10.5 Å². The molecule has 4 heteroatoms. The summed E-state index contributed by atoms with van der Waals surface area (Å²) in [7, 11) is 0. The number of pyridine rings is 1. The van der Waals surface area contributed by atoms with Gasteiger partial charge in [0.25, 0.3) is 0 Å². The summed E-state index contributed by atoms with van der Waals surface area (Å²) in [6, 6.07) is 11.6. The third-order valence-electron chi connectivity index (χ3n) is 3.15. The highest BCUT2D eigenvalue weighted by molar-refractivity contribution is 6.32. The molecule has 106 valence electrons. The van der Waals surface area contributed by atoms with Gasteiger partial charge < -0.3 is 10.5 Å². The van der Waals surface area contributed by atoms with Crippen molar-refractivity contribution in [2.24, 2.45) is 5.73 Å². The minimum absolute atomic E-state index is 0.116. The molecule has 0 spiro atoms. The van der Waals surface area contributed by atoms with Gasteiger partial charge in [0, 0.05) is 12.2 Å². The molecule has 2 N–H and O–H groups in total. The standard InChI is InChI=1S/C16H19ClN2O/c1-2-13(18)10-12-6-5-8-15(17)16(12)20-11-14-7-3-4-9-19-14/h3-9,13H,2,10-11,18H2,1H3. The Morgan fingerprint density at radius 3 is 2.80 bits per heavy atom. The fraction of sp³-hybridized carbons (Fsp3) is 0.312. The van der Waals surface area contributed by atoms with Crippen LogP contribution in [0.25, 0.3) is 0 Å². The maximum Gasteiger partial charge on any atom is 0.141 e. The van der Waals surface area contributed by atoms with Gasteiger partial charge in [-0.3, -0.25) is 4.98 Å². The fourth-order valence-electron chi connectivity index (χ4n) is 1.93. The molecular weight excluding hydrogens is 272 g/mol. The lowest BCUT2D eigenvalue weighted by molar-refractivity contribution is 0.297. The van der Waals surface area contributed by atoms with Crippen LogP contribution in [0.2, 0.25) is 5.02 Å². The Hall–Kier alpha value is -1.58. The SMILES string of the molecule is CCC(N)Cc1cccc(Cl)c1OCc1ccccn1. The highest BCUT2D eigenvalue weighted by atomic mass is 35.5. The summed E-state index contributed by atoms with van der Waals surface area (Å²) in [4.78, 5) is 4.24. The average Bonchev–Trinajstić information content (AvgIpc) is 2.47. The van der Waals surface area contributed by atoms with Crippen molar-refractivity contribution >= 4 is 11.6 Å². The van der Waals surface area contributed by atoms with Crippen molar-refractivity contribution in [2.45, 2.75) is 32.4 Å². The van der Waals surface area contributed by atoms with E-state index in [4.69, 9.17) is 22.1 Å². The van der Waals surface area contributed by atoms with Crippen LogP contribution in [0.3, 0.4) is 0 Å². The van der Waals surface area contributed by atoms with Gasteiger partial charge >= 0.3 is 0 Å². The van der Waals surface area contributed by atoms with Gasteiger partial charge in [0.15, 0.2) is 0 Å². The maximum atomic E-state index is 6.24. The Kier molecular flexibility index (Phi) is 5.39. The maximum absolute atomic E-state index is 6.24. The van der Waals surface area contributed by atoms with E-state index in [1.165, 1.54) is 0 Å². The second kappa shape index (κ2) is 7.27. The quantitative estimate of drug-likeness (QED) is 0.884. The predicted octanol–water partition coefficient (Wildman–Crippen LogP) is 3.59. The molecule has 3 nitrogen and oxygen atoms in total. The van der Waals surface area contributed by atoms with Crippen molar-refractivity contribution in [3.8, 4) is 5.75 Å². The molecule has 1 aromatic carbocycles. The normalized spacial score (nSPS) is 12.2. The van der Waals surface area contributed by atoms with Gasteiger partial charge in [0.05, 0.1) is 10.7 Å². The molecule has 0 aliphatic rings. The second-order valence-electron chi connectivity index (χ2n) is 4.71. The molecule has 0 radical (unpaired) electrons. The molecule has 20 heavy (non-hydrogen) atoms. The van der Waals surface area contributed by atoms with Gasteiger partial charge in [-0.1, -0.05) is 36.7 Å². The number of nitrogens with zero attached hydrogens (tertiary/aromatic N) is 1. The number of rotatable bonds is 6. The van der Waals surface area contributed by atoms with Crippen molar-refractivity contribution in [3.63, 3.8) is 0 Å². The Labute approximate surface area is 124 Å². The molecular formula is C16H19ClN2O. The van der Waals surface area contributed by atoms with Gasteiger partial charge in [-0.15, -0.1) is 0 Å². The van der Waals surface area contributed by atoms with E-state index in [-0.39, 0.29) is 6.04 Å². The van der Waals surface area contributed by atoms with E-state index in [0.29, 0.717) is 17.4 Å². The third kappa shape index (κ3) is 3.95. The summed E-state index contributed by atoms with van der Waals surface area (Å²) in [6.07, 6.45) is 3.43. The van der Waals surface area contributed by atoms with Gasteiger partial charge in [0.1, 0.15) is 12.4 Å². The number of aromatic nitrogens is 1. The van der Waals surface area contributed by atoms with Gasteiger partial charge in [0.2, 0.25) is 0 Å². The number of ether oxygens (including phenoxy) is 1. The van der Waals surface area contributed by atoms with Gasteiger partial charge in [-0.2, -0.15) is 0 Å². The summed E-state index contributed by atoms with van der Waals surface area (Å²) in [5.41, 5.74) is 7.94. The van der Waals surface area contributed by atoms with Crippen LogP contribution >= 0.6 is 11.6 Å². The first-order chi connectivity index (χ1) is 9.70. The Balaban J connectivity index is 2.13. The minimum Gasteiger partial charge on any atom is -0.485 e. The molecule has 1 heterocycles. The van der Waals surface area contributed by atoms with Crippen LogP contribution in [0.5, 0.6) is 5.75 Å². The summed E-state index contributed by atoms with van der Waals surface area (Å²) >= 11 is 6.24. The van der Waals surface area contributed by atoms with Gasteiger partial charge in [-0.05, 0) is 36.6 Å². The molecule has 1 unspecified atom stereocenters. The van der Waals surface area contributed by atoms with E-state index in [2.05, 4.69) is 11.9 Å². The average molecular weight is 291 g/mol. The topological polar surface area (TPSA) is 48.1 Å². The summed E-state index contributed by atoms with van der Waals surface area (Å²) in [5.74, 6) is 0.712. The van der Waals surface area contributed by atoms with Gasteiger partial charge in [-0.25, -0.2) is 0 Å². The van der Waals surface area contributed by atoms with E-state index < -0.39 is 0 Å². The predicted molar refractivity (Wildman–Crippen MR) is 82.0 cm³/mol. The molecule has 0 bridgehead atoms. The first kappa shape index (κ1) is 14.8. The zero-order valence-electron chi connectivity index (χ0n) is 11.6. The molecule has 1 aromatic heterocycles. The first-order valence-electron chi connectivity index (χ1n) is 6.76. The summed E-state index contributed by atoms with van der Waals surface area (Å²) < 4.78 is 5.85. The van der Waals surface area contributed by atoms with Crippen molar-refractivity contribution in [3.05, 3.63) is 58.9 Å². The van der Waals surface area contributed by atoms with Crippen LogP contribution in [0.1, 0.15) is 24.6 Å². The molecule has 0 aliphatic heterocycles. The smallest absolute Gasteiger partial charge is 0.141 e. The molecule has 0 saturated heterocycles. The number of hydrogen-bond donors (Lipinski definition) is 1. The molecule has 1 atom stereocenters. The zero-order chi connectivity index (χ0) is 14.4. The van der Waals surface area contributed by atoms with Crippen LogP contribution in [-0.2, 0) is 13.0 Å². The molecule has 0 aliphatic carbocycles. The molecule has 0 saturated carbocycles. The lowest BCUT2D eigenvalue weighted by Crippen LogP contribution is -2.21. The number of nitrogens with two attached hydrogens (primary N) is 1. The Morgan fingerprint density at radius 1 is 1.25 bits per heavy atom. The van der Waals surface area contributed by atoms with Crippen LogP contribution in [-0.4, -0.2) is 11.0 Å². The highest BCUT2D eigenvalue weighted by Gasteiger charge is 2.11. The van der Waals surface area contributed by atoms with E-state index in [1.54, 1.807) is 6.20 Å². The van der Waals surface area contributed by atoms with Crippen molar-refractivity contribution < 1.29 is 4.74 Å².